The van der Waals surface area contributed by atoms with Gasteiger partial charge >= 0.3 is 0 Å². The zero-order valence-electron chi connectivity index (χ0n) is 10.6. The van der Waals surface area contributed by atoms with Crippen LogP contribution in [0.5, 0.6) is 5.75 Å². The first-order valence-electron chi connectivity index (χ1n) is 5.87. The fourth-order valence-electron chi connectivity index (χ4n) is 1.42. The molecule has 0 aliphatic carbocycles. The molecular weight excluding hydrogens is 356 g/mol. The lowest BCUT2D eigenvalue weighted by Gasteiger charge is -2.04. The summed E-state index contributed by atoms with van der Waals surface area (Å²) in [6.45, 7) is 2.17. The van der Waals surface area contributed by atoms with Crippen molar-refractivity contribution in [2.24, 2.45) is 0 Å². The van der Waals surface area contributed by atoms with Crippen molar-refractivity contribution in [2.45, 2.75) is 26.2 Å². The van der Waals surface area contributed by atoms with Gasteiger partial charge in [0.1, 0.15) is 5.75 Å². The van der Waals surface area contributed by atoms with Gasteiger partial charge in [0.2, 0.25) is 0 Å². The fourth-order valence-corrected chi connectivity index (χ4v) is 2.08. The highest BCUT2D eigenvalue weighted by molar-refractivity contribution is 9.28. The molecule has 0 aliphatic heterocycles. The Morgan fingerprint density at radius 2 is 2.11 bits per heavy atom. The third-order valence-electron chi connectivity index (χ3n) is 2.42. The SMILES string of the molecule is CCCCC#CC(=C(Br)Br)c1cccc(OC)c1. The van der Waals surface area contributed by atoms with E-state index < -0.39 is 0 Å². The van der Waals surface area contributed by atoms with Crippen LogP contribution in [0.4, 0.5) is 0 Å². The first-order valence-corrected chi connectivity index (χ1v) is 7.46. The van der Waals surface area contributed by atoms with Gasteiger partial charge in [-0.05, 0) is 56.0 Å². The molecule has 3 heteroatoms. The summed E-state index contributed by atoms with van der Waals surface area (Å²) in [6, 6.07) is 7.89. The van der Waals surface area contributed by atoms with Crippen LogP contribution >= 0.6 is 31.9 Å². The Morgan fingerprint density at radius 3 is 2.72 bits per heavy atom. The van der Waals surface area contributed by atoms with Gasteiger partial charge in [-0.2, -0.15) is 0 Å². The molecule has 0 spiro atoms. The topological polar surface area (TPSA) is 9.23 Å². The quantitative estimate of drug-likeness (QED) is 0.512. The van der Waals surface area contributed by atoms with Crippen LogP contribution in [-0.4, -0.2) is 7.11 Å². The molecule has 0 aliphatic rings. The van der Waals surface area contributed by atoms with Gasteiger partial charge in [0, 0.05) is 6.42 Å². The van der Waals surface area contributed by atoms with Gasteiger partial charge in [-0.15, -0.1) is 0 Å². The smallest absolute Gasteiger partial charge is 0.119 e. The van der Waals surface area contributed by atoms with E-state index in [4.69, 9.17) is 4.74 Å². The van der Waals surface area contributed by atoms with Crippen LogP contribution in [0.25, 0.3) is 5.57 Å². The van der Waals surface area contributed by atoms with E-state index >= 15 is 0 Å². The van der Waals surface area contributed by atoms with Crippen molar-refractivity contribution >= 4 is 37.4 Å². The number of ether oxygens (including phenoxy) is 1. The summed E-state index contributed by atoms with van der Waals surface area (Å²) in [5, 5.41) is 0. The molecule has 1 aromatic carbocycles. The minimum absolute atomic E-state index is 0.835. The molecular formula is C15H16Br2O. The monoisotopic (exact) mass is 370 g/mol. The molecule has 0 heterocycles. The van der Waals surface area contributed by atoms with Crippen LogP contribution < -0.4 is 4.74 Å². The Balaban J connectivity index is 2.98. The van der Waals surface area contributed by atoms with E-state index in [2.05, 4.69) is 50.6 Å². The van der Waals surface area contributed by atoms with E-state index in [9.17, 15) is 0 Å². The van der Waals surface area contributed by atoms with Gasteiger partial charge in [-0.25, -0.2) is 0 Å². The first kappa shape index (κ1) is 15.3. The molecule has 0 atom stereocenters. The van der Waals surface area contributed by atoms with E-state index in [0.29, 0.717) is 0 Å². The maximum atomic E-state index is 5.23. The van der Waals surface area contributed by atoms with Gasteiger partial charge in [-0.3, -0.25) is 0 Å². The lowest BCUT2D eigenvalue weighted by Crippen LogP contribution is -1.86. The molecule has 0 amide bonds. The zero-order chi connectivity index (χ0) is 13.4. The Labute approximate surface area is 126 Å². The molecule has 0 fully saturated rings. The normalized spacial score (nSPS) is 9.33. The Hall–Kier alpha value is -0.720. The van der Waals surface area contributed by atoms with E-state index in [1.807, 2.05) is 24.3 Å². The third kappa shape index (κ3) is 4.88. The average molecular weight is 372 g/mol. The number of unbranched alkanes of at least 4 members (excludes halogenated alkanes) is 2. The summed E-state index contributed by atoms with van der Waals surface area (Å²) in [7, 11) is 1.67. The molecule has 0 saturated carbocycles. The number of hydrogen-bond donors (Lipinski definition) is 0. The van der Waals surface area contributed by atoms with Gasteiger partial charge in [-0.1, -0.05) is 37.3 Å². The Morgan fingerprint density at radius 1 is 1.33 bits per heavy atom. The molecule has 0 unspecified atom stereocenters. The lowest BCUT2D eigenvalue weighted by atomic mass is 10.1. The Bertz CT molecular complexity index is 477. The predicted molar refractivity (Wildman–Crippen MR) is 85.1 cm³/mol. The summed E-state index contributed by atoms with van der Waals surface area (Å²) < 4.78 is 6.09. The molecule has 0 N–H and O–H groups in total. The summed E-state index contributed by atoms with van der Waals surface area (Å²) in [5.41, 5.74) is 1.99. The number of rotatable bonds is 4. The molecule has 0 bridgehead atoms. The fraction of sp³-hybridized carbons (Fsp3) is 0.333. The summed E-state index contributed by atoms with van der Waals surface area (Å²) >= 11 is 6.89. The summed E-state index contributed by atoms with van der Waals surface area (Å²) in [4.78, 5) is 0. The molecule has 96 valence electrons. The van der Waals surface area contributed by atoms with Crippen LogP contribution in [0.2, 0.25) is 0 Å². The van der Waals surface area contributed by atoms with Gasteiger partial charge in [0.15, 0.2) is 0 Å². The molecule has 1 rings (SSSR count). The van der Waals surface area contributed by atoms with Gasteiger partial charge in [0.25, 0.3) is 0 Å². The first-order chi connectivity index (χ1) is 8.69. The van der Waals surface area contributed by atoms with E-state index in [1.54, 1.807) is 7.11 Å². The van der Waals surface area contributed by atoms with Crippen molar-refractivity contribution in [1.82, 2.24) is 0 Å². The number of methoxy groups -OCH3 is 1. The van der Waals surface area contributed by atoms with Crippen molar-refractivity contribution in [2.75, 3.05) is 7.11 Å². The molecule has 1 nitrogen and oxygen atoms in total. The van der Waals surface area contributed by atoms with Crippen LogP contribution in [0.15, 0.2) is 27.7 Å². The molecule has 1 aromatic rings. The van der Waals surface area contributed by atoms with Crippen molar-refractivity contribution in [3.63, 3.8) is 0 Å². The Kier molecular flexibility index (Phi) is 7.15. The highest BCUT2D eigenvalue weighted by Crippen LogP contribution is 2.28. The second-order valence-corrected chi connectivity index (χ2v) is 6.42. The number of benzene rings is 1. The highest BCUT2D eigenvalue weighted by Gasteiger charge is 2.04. The maximum absolute atomic E-state index is 5.23. The van der Waals surface area contributed by atoms with Crippen LogP contribution in [0.3, 0.4) is 0 Å². The lowest BCUT2D eigenvalue weighted by molar-refractivity contribution is 0.414. The summed E-state index contributed by atoms with van der Waals surface area (Å²) in [5.74, 6) is 7.23. The zero-order valence-corrected chi connectivity index (χ0v) is 13.8. The van der Waals surface area contributed by atoms with Crippen molar-refractivity contribution in [3.8, 4) is 17.6 Å². The van der Waals surface area contributed by atoms with E-state index in [0.717, 1.165) is 33.1 Å². The highest BCUT2D eigenvalue weighted by atomic mass is 79.9. The third-order valence-corrected chi connectivity index (χ3v) is 3.21. The van der Waals surface area contributed by atoms with Crippen molar-refractivity contribution < 1.29 is 4.74 Å². The minimum Gasteiger partial charge on any atom is -0.497 e. The molecule has 18 heavy (non-hydrogen) atoms. The second-order valence-electron chi connectivity index (χ2n) is 3.77. The number of allylic oxidation sites excluding steroid dienone is 1. The van der Waals surface area contributed by atoms with E-state index in [-0.39, 0.29) is 0 Å². The van der Waals surface area contributed by atoms with Crippen molar-refractivity contribution in [1.29, 1.82) is 0 Å². The largest absolute Gasteiger partial charge is 0.497 e. The van der Waals surface area contributed by atoms with Crippen LogP contribution in [-0.2, 0) is 0 Å². The maximum Gasteiger partial charge on any atom is 0.119 e. The standard InChI is InChI=1S/C15H16Br2O/c1-3-4-5-6-10-14(15(16)17)12-8-7-9-13(11-12)18-2/h7-9,11H,3-5H2,1-2H3. The molecule has 0 saturated heterocycles. The second kappa shape index (κ2) is 8.39. The van der Waals surface area contributed by atoms with Crippen LogP contribution in [0.1, 0.15) is 31.7 Å². The number of hydrogen-bond acceptors (Lipinski definition) is 1. The van der Waals surface area contributed by atoms with Gasteiger partial charge < -0.3 is 4.74 Å². The predicted octanol–water partition coefficient (Wildman–Crippen LogP) is 5.35. The van der Waals surface area contributed by atoms with Crippen molar-refractivity contribution in [3.05, 3.63) is 33.2 Å². The number of halogens is 2. The van der Waals surface area contributed by atoms with Crippen LogP contribution in [0, 0.1) is 11.8 Å². The van der Waals surface area contributed by atoms with Gasteiger partial charge in [0.05, 0.1) is 16.1 Å². The minimum atomic E-state index is 0.835. The summed E-state index contributed by atoms with van der Waals surface area (Å²) in [6.07, 6.45) is 3.23. The van der Waals surface area contributed by atoms with E-state index in [1.165, 1.54) is 6.42 Å². The molecule has 0 radical (unpaired) electrons. The molecule has 0 aromatic heterocycles. The average Bonchev–Trinajstić information content (AvgIpc) is 2.38.